The lowest BCUT2D eigenvalue weighted by atomic mass is 10.1. The lowest BCUT2D eigenvalue weighted by molar-refractivity contribution is 0.254. The van der Waals surface area contributed by atoms with Crippen molar-refractivity contribution in [3.8, 4) is 17.2 Å². The summed E-state index contributed by atoms with van der Waals surface area (Å²) in [5, 5.41) is 12.9. The van der Waals surface area contributed by atoms with Crippen LogP contribution in [0.5, 0.6) is 17.2 Å². The summed E-state index contributed by atoms with van der Waals surface area (Å²) in [4.78, 5) is 0. The molecule has 1 heterocycles. The summed E-state index contributed by atoms with van der Waals surface area (Å²) in [6.45, 7) is 6.11. The molecule has 4 heteroatoms. The zero-order chi connectivity index (χ0) is 16.2. The normalized spacial score (nSPS) is 16.0. The lowest BCUT2D eigenvalue weighted by Crippen LogP contribution is -2.14. The van der Waals surface area contributed by atoms with Crippen molar-refractivity contribution >= 4 is 0 Å². The summed E-state index contributed by atoms with van der Waals surface area (Å²) >= 11 is 0. The number of hydrogen-bond acceptors (Lipinski definition) is 4. The average Bonchev–Trinajstić information content (AvgIpc) is 2.87. The van der Waals surface area contributed by atoms with Gasteiger partial charge in [-0.25, -0.2) is 0 Å². The molecule has 0 spiro atoms. The first-order valence-electron chi connectivity index (χ1n) is 8.09. The Morgan fingerprint density at radius 1 is 1.26 bits per heavy atom. The minimum absolute atomic E-state index is 0.231. The van der Waals surface area contributed by atoms with E-state index in [0.29, 0.717) is 25.4 Å². The number of aromatic hydroxyl groups is 1. The van der Waals surface area contributed by atoms with Gasteiger partial charge in [0.25, 0.3) is 0 Å². The van der Waals surface area contributed by atoms with E-state index in [1.807, 2.05) is 19.1 Å². The van der Waals surface area contributed by atoms with Crippen LogP contribution in [0.3, 0.4) is 0 Å². The molecule has 2 N–H and O–H groups in total. The Labute approximate surface area is 137 Å². The highest BCUT2D eigenvalue weighted by molar-refractivity contribution is 5.48. The van der Waals surface area contributed by atoms with Gasteiger partial charge in [-0.15, -0.1) is 0 Å². The maximum atomic E-state index is 9.51. The highest BCUT2D eigenvalue weighted by Crippen LogP contribution is 2.35. The highest BCUT2D eigenvalue weighted by Gasteiger charge is 2.21. The van der Waals surface area contributed by atoms with Crippen molar-refractivity contribution in [2.24, 2.45) is 0 Å². The zero-order valence-corrected chi connectivity index (χ0v) is 13.6. The molecule has 2 aromatic carbocycles. The topological polar surface area (TPSA) is 50.7 Å². The largest absolute Gasteiger partial charge is 0.508 e. The van der Waals surface area contributed by atoms with Crippen LogP contribution in [0.4, 0.5) is 0 Å². The summed E-state index contributed by atoms with van der Waals surface area (Å²) in [5.74, 6) is 2.18. The van der Waals surface area contributed by atoms with Gasteiger partial charge < -0.3 is 19.9 Å². The molecule has 0 fully saturated rings. The van der Waals surface area contributed by atoms with Gasteiger partial charge in [-0.2, -0.15) is 0 Å². The molecule has 4 nitrogen and oxygen atoms in total. The Balaban J connectivity index is 1.70. The SMILES string of the molecule is CCOc1cc2c(cc1CNCc1cccc(O)c1)O[C@@H](C)C2. The third-order valence-electron chi connectivity index (χ3n) is 3.93. The van der Waals surface area contributed by atoms with E-state index in [0.717, 1.165) is 29.0 Å². The van der Waals surface area contributed by atoms with Gasteiger partial charge in [0.2, 0.25) is 0 Å². The summed E-state index contributed by atoms with van der Waals surface area (Å²) in [6, 6.07) is 11.5. The van der Waals surface area contributed by atoms with Crippen molar-refractivity contribution in [2.75, 3.05) is 6.61 Å². The van der Waals surface area contributed by atoms with Crippen molar-refractivity contribution in [1.82, 2.24) is 5.32 Å². The molecule has 0 aromatic heterocycles. The van der Waals surface area contributed by atoms with E-state index in [9.17, 15) is 5.11 Å². The number of benzene rings is 2. The molecule has 23 heavy (non-hydrogen) atoms. The molecule has 1 aliphatic heterocycles. The Bertz CT molecular complexity index is 684. The molecule has 0 radical (unpaired) electrons. The fourth-order valence-corrected chi connectivity index (χ4v) is 2.92. The van der Waals surface area contributed by atoms with E-state index in [1.54, 1.807) is 12.1 Å². The van der Waals surface area contributed by atoms with Crippen LogP contribution in [0.25, 0.3) is 0 Å². The third kappa shape index (κ3) is 3.77. The van der Waals surface area contributed by atoms with Crippen LogP contribution in [-0.2, 0) is 19.5 Å². The van der Waals surface area contributed by atoms with E-state index >= 15 is 0 Å². The predicted molar refractivity (Wildman–Crippen MR) is 90.1 cm³/mol. The molecular formula is C19H23NO3. The smallest absolute Gasteiger partial charge is 0.124 e. The van der Waals surface area contributed by atoms with Crippen LogP contribution in [0.15, 0.2) is 36.4 Å². The van der Waals surface area contributed by atoms with Gasteiger partial charge in [-0.1, -0.05) is 12.1 Å². The second kappa shape index (κ2) is 6.92. The summed E-state index contributed by atoms with van der Waals surface area (Å²) in [5.41, 5.74) is 3.37. The van der Waals surface area contributed by atoms with Gasteiger partial charge >= 0.3 is 0 Å². The minimum Gasteiger partial charge on any atom is -0.508 e. The van der Waals surface area contributed by atoms with Crippen LogP contribution in [0.1, 0.15) is 30.5 Å². The number of ether oxygens (including phenoxy) is 2. The van der Waals surface area contributed by atoms with E-state index < -0.39 is 0 Å². The van der Waals surface area contributed by atoms with Crippen LogP contribution in [-0.4, -0.2) is 17.8 Å². The van der Waals surface area contributed by atoms with Crippen LogP contribution >= 0.6 is 0 Å². The Morgan fingerprint density at radius 2 is 2.13 bits per heavy atom. The minimum atomic E-state index is 0.231. The first-order chi connectivity index (χ1) is 11.2. The van der Waals surface area contributed by atoms with Crippen LogP contribution in [0.2, 0.25) is 0 Å². The number of phenols is 1. The van der Waals surface area contributed by atoms with Crippen molar-refractivity contribution in [1.29, 1.82) is 0 Å². The Hall–Kier alpha value is -2.20. The summed E-state index contributed by atoms with van der Waals surface area (Å²) < 4.78 is 11.6. The highest BCUT2D eigenvalue weighted by atomic mass is 16.5. The number of rotatable bonds is 6. The van der Waals surface area contributed by atoms with Crippen molar-refractivity contribution in [2.45, 2.75) is 39.5 Å². The van der Waals surface area contributed by atoms with Crippen molar-refractivity contribution in [3.63, 3.8) is 0 Å². The van der Waals surface area contributed by atoms with Gasteiger partial charge in [-0.3, -0.25) is 0 Å². The molecule has 2 aromatic rings. The maximum absolute atomic E-state index is 9.51. The van der Waals surface area contributed by atoms with Crippen LogP contribution < -0.4 is 14.8 Å². The Morgan fingerprint density at radius 3 is 2.91 bits per heavy atom. The molecule has 0 aliphatic carbocycles. The monoisotopic (exact) mass is 313 g/mol. The lowest BCUT2D eigenvalue weighted by Gasteiger charge is -2.13. The molecule has 3 rings (SSSR count). The van der Waals surface area contributed by atoms with E-state index in [-0.39, 0.29) is 6.10 Å². The van der Waals surface area contributed by atoms with Crippen molar-refractivity contribution in [3.05, 3.63) is 53.1 Å². The molecule has 0 saturated carbocycles. The second-order valence-electron chi connectivity index (χ2n) is 5.91. The molecule has 122 valence electrons. The number of nitrogens with one attached hydrogen (secondary N) is 1. The van der Waals surface area contributed by atoms with E-state index in [2.05, 4.69) is 24.4 Å². The standard InChI is InChI=1S/C19H23NO3/c1-3-22-18-9-15-7-13(2)23-19(15)10-16(18)12-20-11-14-5-4-6-17(21)8-14/h4-6,8-10,13,20-21H,3,7,11-12H2,1-2H3/t13-/m0/s1. The van der Waals surface area contributed by atoms with Crippen LogP contribution in [0, 0.1) is 0 Å². The molecule has 0 amide bonds. The van der Waals surface area contributed by atoms with Crippen molar-refractivity contribution < 1.29 is 14.6 Å². The number of fused-ring (bicyclic) bond motifs is 1. The predicted octanol–water partition coefficient (Wildman–Crippen LogP) is 3.40. The quantitative estimate of drug-likeness (QED) is 0.858. The molecule has 0 saturated heterocycles. The second-order valence-corrected chi connectivity index (χ2v) is 5.91. The average molecular weight is 313 g/mol. The Kier molecular flexibility index (Phi) is 4.72. The van der Waals surface area contributed by atoms with Gasteiger partial charge in [-0.05, 0) is 43.7 Å². The van der Waals surface area contributed by atoms with Gasteiger partial charge in [0.05, 0.1) is 6.61 Å². The van der Waals surface area contributed by atoms with Gasteiger partial charge in [0.15, 0.2) is 0 Å². The molecular weight excluding hydrogens is 290 g/mol. The number of phenolic OH excluding ortho intramolecular Hbond substituents is 1. The molecule has 0 unspecified atom stereocenters. The molecule has 0 bridgehead atoms. The third-order valence-corrected chi connectivity index (χ3v) is 3.93. The summed E-state index contributed by atoms with van der Waals surface area (Å²) in [7, 11) is 0. The summed E-state index contributed by atoms with van der Waals surface area (Å²) in [6.07, 6.45) is 1.17. The van der Waals surface area contributed by atoms with E-state index in [4.69, 9.17) is 9.47 Å². The van der Waals surface area contributed by atoms with E-state index in [1.165, 1.54) is 5.56 Å². The number of hydrogen-bond donors (Lipinski definition) is 2. The fraction of sp³-hybridized carbons (Fsp3) is 0.368. The van der Waals surface area contributed by atoms with Gasteiger partial charge in [0.1, 0.15) is 23.4 Å². The first-order valence-corrected chi connectivity index (χ1v) is 8.09. The fourth-order valence-electron chi connectivity index (χ4n) is 2.92. The maximum Gasteiger partial charge on any atom is 0.124 e. The van der Waals surface area contributed by atoms with Gasteiger partial charge in [0, 0.05) is 30.6 Å². The molecule has 1 atom stereocenters. The molecule has 1 aliphatic rings. The first kappa shape index (κ1) is 15.7. The zero-order valence-electron chi connectivity index (χ0n) is 13.6.